The molecule has 1 aromatic rings. The molecule has 17 heavy (non-hydrogen) atoms. The summed E-state index contributed by atoms with van der Waals surface area (Å²) < 4.78 is 4.92. The molecule has 0 unspecified atom stereocenters. The predicted octanol–water partition coefficient (Wildman–Crippen LogP) is 3.44. The molecule has 0 atom stereocenters. The van der Waals surface area contributed by atoms with Crippen LogP contribution in [0.15, 0.2) is 35.9 Å². The molecule has 0 N–H and O–H groups in total. The third-order valence-corrected chi connectivity index (χ3v) is 2.72. The van der Waals surface area contributed by atoms with Crippen LogP contribution in [-0.2, 0) is 16.0 Å². The van der Waals surface area contributed by atoms with Crippen molar-refractivity contribution in [2.75, 3.05) is 6.61 Å². The van der Waals surface area contributed by atoms with Gasteiger partial charge in [-0.2, -0.15) is 0 Å². The van der Waals surface area contributed by atoms with Gasteiger partial charge in [-0.1, -0.05) is 30.3 Å². The molecule has 0 saturated carbocycles. The van der Waals surface area contributed by atoms with Gasteiger partial charge in [-0.15, -0.1) is 0 Å². The minimum atomic E-state index is -0.211. The van der Waals surface area contributed by atoms with E-state index in [2.05, 4.69) is 19.1 Å². The topological polar surface area (TPSA) is 26.3 Å². The first-order valence-electron chi connectivity index (χ1n) is 6.03. The van der Waals surface area contributed by atoms with E-state index in [1.54, 1.807) is 6.92 Å². The van der Waals surface area contributed by atoms with Crippen molar-refractivity contribution in [3.63, 3.8) is 0 Å². The summed E-state index contributed by atoms with van der Waals surface area (Å²) in [6.07, 6.45) is 3.78. The van der Waals surface area contributed by atoms with Gasteiger partial charge in [-0.25, -0.2) is 4.79 Å². The van der Waals surface area contributed by atoms with E-state index in [0.717, 1.165) is 12.8 Å². The van der Waals surface area contributed by atoms with E-state index in [-0.39, 0.29) is 5.97 Å². The third-order valence-electron chi connectivity index (χ3n) is 2.72. The highest BCUT2D eigenvalue weighted by molar-refractivity contribution is 5.87. The fourth-order valence-corrected chi connectivity index (χ4v) is 1.66. The molecule has 0 spiro atoms. The lowest BCUT2D eigenvalue weighted by Crippen LogP contribution is -2.05. The zero-order chi connectivity index (χ0) is 12.7. The number of carbonyl (C=O) groups excluding carboxylic acids is 1. The van der Waals surface area contributed by atoms with Crippen LogP contribution in [0.1, 0.15) is 31.4 Å². The zero-order valence-corrected chi connectivity index (χ0v) is 10.8. The molecule has 1 aromatic carbocycles. The molecule has 0 fully saturated rings. The van der Waals surface area contributed by atoms with Gasteiger partial charge in [0, 0.05) is 5.57 Å². The predicted molar refractivity (Wildman–Crippen MR) is 69.9 cm³/mol. The SMILES string of the molecule is CCOC(=O)/C(C)=C/CCc1ccccc1C. The van der Waals surface area contributed by atoms with E-state index >= 15 is 0 Å². The maximum atomic E-state index is 11.4. The van der Waals surface area contributed by atoms with Gasteiger partial charge in [0.15, 0.2) is 0 Å². The Hall–Kier alpha value is -1.57. The van der Waals surface area contributed by atoms with Gasteiger partial charge in [0.25, 0.3) is 0 Å². The lowest BCUT2D eigenvalue weighted by Gasteiger charge is -2.04. The van der Waals surface area contributed by atoms with Gasteiger partial charge in [-0.05, 0) is 44.7 Å². The molecule has 0 bridgehead atoms. The van der Waals surface area contributed by atoms with Crippen molar-refractivity contribution in [3.05, 3.63) is 47.0 Å². The fourth-order valence-electron chi connectivity index (χ4n) is 1.66. The van der Waals surface area contributed by atoms with Crippen molar-refractivity contribution >= 4 is 5.97 Å². The Balaban J connectivity index is 2.49. The number of benzene rings is 1. The van der Waals surface area contributed by atoms with Gasteiger partial charge in [0.1, 0.15) is 0 Å². The van der Waals surface area contributed by atoms with Crippen LogP contribution in [0.5, 0.6) is 0 Å². The minimum absolute atomic E-state index is 0.211. The third kappa shape index (κ3) is 4.43. The summed E-state index contributed by atoms with van der Waals surface area (Å²) in [4.78, 5) is 11.4. The summed E-state index contributed by atoms with van der Waals surface area (Å²) in [7, 11) is 0. The monoisotopic (exact) mass is 232 g/mol. The molecule has 2 nitrogen and oxygen atoms in total. The van der Waals surface area contributed by atoms with E-state index in [9.17, 15) is 4.79 Å². The van der Waals surface area contributed by atoms with Crippen LogP contribution in [-0.4, -0.2) is 12.6 Å². The number of carbonyl (C=O) groups is 1. The van der Waals surface area contributed by atoms with Crippen molar-refractivity contribution in [1.29, 1.82) is 0 Å². The van der Waals surface area contributed by atoms with Crippen LogP contribution in [0.4, 0.5) is 0 Å². The van der Waals surface area contributed by atoms with Crippen molar-refractivity contribution in [1.82, 2.24) is 0 Å². The van der Waals surface area contributed by atoms with Crippen molar-refractivity contribution < 1.29 is 9.53 Å². The van der Waals surface area contributed by atoms with Crippen LogP contribution in [0.25, 0.3) is 0 Å². The minimum Gasteiger partial charge on any atom is -0.463 e. The Bertz CT molecular complexity index is 405. The first-order chi connectivity index (χ1) is 8.15. The normalized spacial score (nSPS) is 11.4. The molecule has 0 aliphatic heterocycles. The largest absolute Gasteiger partial charge is 0.463 e. The van der Waals surface area contributed by atoms with Crippen LogP contribution >= 0.6 is 0 Å². The molecule has 0 amide bonds. The molecule has 0 aromatic heterocycles. The second kappa shape index (κ2) is 6.89. The van der Waals surface area contributed by atoms with Gasteiger partial charge < -0.3 is 4.74 Å². The van der Waals surface area contributed by atoms with Crippen LogP contribution in [0.3, 0.4) is 0 Å². The van der Waals surface area contributed by atoms with E-state index in [0.29, 0.717) is 12.2 Å². The van der Waals surface area contributed by atoms with Crippen LogP contribution in [0, 0.1) is 6.92 Å². The van der Waals surface area contributed by atoms with E-state index < -0.39 is 0 Å². The first kappa shape index (κ1) is 13.5. The summed E-state index contributed by atoms with van der Waals surface area (Å²) in [5.74, 6) is -0.211. The summed E-state index contributed by atoms with van der Waals surface area (Å²) in [5, 5.41) is 0. The smallest absolute Gasteiger partial charge is 0.333 e. The standard InChI is InChI=1S/C15H20O2/c1-4-17-15(16)13(3)9-7-11-14-10-6-5-8-12(14)2/h5-6,8-10H,4,7,11H2,1-3H3/b13-9+. The molecule has 0 aliphatic rings. The molecule has 1 rings (SSSR count). The second-order valence-corrected chi connectivity index (χ2v) is 4.07. The van der Waals surface area contributed by atoms with Gasteiger partial charge in [0.05, 0.1) is 6.61 Å². The highest BCUT2D eigenvalue weighted by Crippen LogP contribution is 2.10. The second-order valence-electron chi connectivity index (χ2n) is 4.07. The Morgan fingerprint density at radius 1 is 1.35 bits per heavy atom. The number of aryl methyl sites for hydroxylation is 2. The number of allylic oxidation sites excluding steroid dienone is 1. The quantitative estimate of drug-likeness (QED) is 0.574. The van der Waals surface area contributed by atoms with Gasteiger partial charge >= 0.3 is 5.97 Å². The number of hydrogen-bond donors (Lipinski definition) is 0. The number of rotatable bonds is 5. The maximum Gasteiger partial charge on any atom is 0.333 e. The Labute approximate surface area is 103 Å². The van der Waals surface area contributed by atoms with E-state index in [1.807, 2.05) is 25.1 Å². The molecule has 0 saturated heterocycles. The molecule has 0 radical (unpaired) electrons. The molecule has 0 heterocycles. The van der Waals surface area contributed by atoms with Crippen molar-refractivity contribution in [3.8, 4) is 0 Å². The highest BCUT2D eigenvalue weighted by Gasteiger charge is 2.03. The average molecular weight is 232 g/mol. The Morgan fingerprint density at radius 3 is 2.71 bits per heavy atom. The fraction of sp³-hybridized carbons (Fsp3) is 0.400. The number of esters is 1. The van der Waals surface area contributed by atoms with Gasteiger partial charge in [0.2, 0.25) is 0 Å². The molecule has 2 heteroatoms. The summed E-state index contributed by atoms with van der Waals surface area (Å²) >= 11 is 0. The van der Waals surface area contributed by atoms with E-state index in [1.165, 1.54) is 11.1 Å². The lowest BCUT2D eigenvalue weighted by atomic mass is 10.0. The molecule has 92 valence electrons. The molecule has 0 aliphatic carbocycles. The van der Waals surface area contributed by atoms with Crippen molar-refractivity contribution in [2.24, 2.45) is 0 Å². The van der Waals surface area contributed by atoms with E-state index in [4.69, 9.17) is 4.74 Å². The average Bonchev–Trinajstić information content (AvgIpc) is 2.31. The van der Waals surface area contributed by atoms with Crippen LogP contribution in [0.2, 0.25) is 0 Å². The summed E-state index contributed by atoms with van der Waals surface area (Å²) in [5.41, 5.74) is 3.33. The van der Waals surface area contributed by atoms with Crippen LogP contribution < -0.4 is 0 Å². The van der Waals surface area contributed by atoms with Gasteiger partial charge in [-0.3, -0.25) is 0 Å². The molecular weight excluding hydrogens is 212 g/mol. The summed E-state index contributed by atoms with van der Waals surface area (Å²) in [6, 6.07) is 8.32. The zero-order valence-electron chi connectivity index (χ0n) is 10.8. The Kier molecular flexibility index (Phi) is 5.47. The molecular formula is C15H20O2. The highest BCUT2D eigenvalue weighted by atomic mass is 16.5. The first-order valence-corrected chi connectivity index (χ1v) is 6.03. The lowest BCUT2D eigenvalue weighted by molar-refractivity contribution is -0.138. The van der Waals surface area contributed by atoms with Crippen molar-refractivity contribution in [2.45, 2.75) is 33.6 Å². The maximum absolute atomic E-state index is 11.4. The summed E-state index contributed by atoms with van der Waals surface area (Å²) in [6.45, 7) is 6.16. The number of hydrogen-bond acceptors (Lipinski definition) is 2. The number of ether oxygens (including phenoxy) is 1. The Morgan fingerprint density at radius 2 is 2.06 bits per heavy atom.